The molecule has 0 aromatic heterocycles. The zero-order valence-electron chi connectivity index (χ0n) is 9.65. The van der Waals surface area contributed by atoms with E-state index in [0.29, 0.717) is 16.8 Å². The highest BCUT2D eigenvalue weighted by molar-refractivity contribution is 7.85. The first-order valence-corrected chi connectivity index (χ1v) is 7.63. The Bertz CT molecular complexity index is 271. The molecule has 2 rings (SSSR count). The molecule has 3 nitrogen and oxygen atoms in total. The van der Waals surface area contributed by atoms with Crippen LogP contribution >= 0.6 is 0 Å². The third kappa shape index (κ3) is 3.14. The van der Waals surface area contributed by atoms with Crippen molar-refractivity contribution in [1.82, 2.24) is 0 Å². The van der Waals surface area contributed by atoms with Gasteiger partial charge in [0.2, 0.25) is 0 Å². The molecule has 2 unspecified atom stereocenters. The highest BCUT2D eigenvalue weighted by Crippen LogP contribution is 2.25. The number of hydrogen-bond donors (Lipinski definition) is 0. The number of ether oxygens (including phenoxy) is 1. The van der Waals surface area contributed by atoms with Gasteiger partial charge in [-0.15, -0.1) is 0 Å². The number of carbonyl (C=O) groups is 1. The third-order valence-corrected chi connectivity index (χ3v) is 5.49. The highest BCUT2D eigenvalue weighted by atomic mass is 32.2. The molecule has 0 aromatic carbocycles. The van der Waals surface area contributed by atoms with Crippen molar-refractivity contribution in [1.29, 1.82) is 0 Å². The second-order valence-corrected chi connectivity index (χ2v) is 6.58. The molecule has 2 atom stereocenters. The maximum atomic E-state index is 12.0. The molecule has 0 aromatic rings. The van der Waals surface area contributed by atoms with Crippen LogP contribution in [-0.4, -0.2) is 34.2 Å². The molecule has 4 heteroatoms. The van der Waals surface area contributed by atoms with Gasteiger partial charge in [0, 0.05) is 47.4 Å². The van der Waals surface area contributed by atoms with E-state index in [9.17, 15) is 9.00 Å². The van der Waals surface area contributed by atoms with Gasteiger partial charge in [0.1, 0.15) is 5.78 Å². The minimum atomic E-state index is -0.750. The second-order valence-electron chi connectivity index (χ2n) is 4.74. The van der Waals surface area contributed by atoms with E-state index in [1.807, 2.05) is 0 Å². The fourth-order valence-corrected chi connectivity index (χ4v) is 4.13. The van der Waals surface area contributed by atoms with E-state index in [1.54, 1.807) is 0 Å². The van der Waals surface area contributed by atoms with Crippen LogP contribution in [0.3, 0.4) is 0 Å². The summed E-state index contributed by atoms with van der Waals surface area (Å²) in [5, 5.41) is 0.310. The quantitative estimate of drug-likeness (QED) is 0.755. The van der Waals surface area contributed by atoms with Crippen LogP contribution in [-0.2, 0) is 20.3 Å². The number of rotatable bonds is 4. The first kappa shape index (κ1) is 12.2. The van der Waals surface area contributed by atoms with Gasteiger partial charge in [-0.05, 0) is 32.1 Å². The van der Waals surface area contributed by atoms with Crippen molar-refractivity contribution in [2.24, 2.45) is 5.92 Å². The summed E-state index contributed by atoms with van der Waals surface area (Å²) >= 11 is 0. The fraction of sp³-hybridized carbons (Fsp3) is 0.917. The van der Waals surface area contributed by atoms with Crippen molar-refractivity contribution in [3.05, 3.63) is 0 Å². The number of Topliss-reactive ketones (excluding diaryl/α,β-unsaturated/α-hetero) is 1. The molecule has 0 spiro atoms. The van der Waals surface area contributed by atoms with Crippen molar-refractivity contribution in [2.75, 3.05) is 19.0 Å². The van der Waals surface area contributed by atoms with Gasteiger partial charge in [-0.2, -0.15) is 0 Å². The van der Waals surface area contributed by atoms with Crippen molar-refractivity contribution in [2.45, 2.75) is 43.8 Å². The van der Waals surface area contributed by atoms with Crippen LogP contribution in [0.25, 0.3) is 0 Å². The van der Waals surface area contributed by atoms with Gasteiger partial charge in [0.25, 0.3) is 0 Å². The van der Waals surface area contributed by atoms with E-state index in [2.05, 4.69) is 0 Å². The Morgan fingerprint density at radius 2 is 2.00 bits per heavy atom. The molecule has 0 radical (unpaired) electrons. The molecule has 1 aliphatic carbocycles. The number of hydrogen-bond acceptors (Lipinski definition) is 3. The first-order valence-electron chi connectivity index (χ1n) is 6.25. The maximum absolute atomic E-state index is 12.0. The summed E-state index contributed by atoms with van der Waals surface area (Å²) < 4.78 is 17.3. The standard InChI is InChI=1S/C12H20O3S/c13-12-3-1-2-10(12)6-9-16(14)11-4-7-15-8-5-11/h10-11H,1-9H2. The van der Waals surface area contributed by atoms with Crippen LogP contribution in [0.5, 0.6) is 0 Å². The van der Waals surface area contributed by atoms with Gasteiger partial charge in [0.15, 0.2) is 0 Å². The molecule has 0 amide bonds. The van der Waals surface area contributed by atoms with Crippen molar-refractivity contribution in [3.8, 4) is 0 Å². The lowest BCUT2D eigenvalue weighted by molar-refractivity contribution is -0.120. The maximum Gasteiger partial charge on any atom is 0.136 e. The third-order valence-electron chi connectivity index (χ3n) is 3.64. The predicted molar refractivity (Wildman–Crippen MR) is 63.8 cm³/mol. The van der Waals surface area contributed by atoms with E-state index in [0.717, 1.165) is 51.7 Å². The van der Waals surface area contributed by atoms with Gasteiger partial charge >= 0.3 is 0 Å². The molecule has 1 saturated carbocycles. The average Bonchev–Trinajstić information content (AvgIpc) is 2.73. The Balaban J connectivity index is 1.72. The Morgan fingerprint density at radius 3 is 2.62 bits per heavy atom. The van der Waals surface area contributed by atoms with E-state index in [4.69, 9.17) is 4.74 Å². The Labute approximate surface area is 99.4 Å². The van der Waals surface area contributed by atoms with Crippen LogP contribution < -0.4 is 0 Å². The molecule has 1 aliphatic heterocycles. The largest absolute Gasteiger partial charge is 0.381 e. The summed E-state index contributed by atoms with van der Waals surface area (Å²) in [4.78, 5) is 11.4. The van der Waals surface area contributed by atoms with Crippen LogP contribution in [0.2, 0.25) is 0 Å². The SMILES string of the molecule is O=C1CCCC1CCS(=O)C1CCOCC1. The lowest BCUT2D eigenvalue weighted by atomic mass is 10.1. The molecular weight excluding hydrogens is 224 g/mol. The zero-order valence-corrected chi connectivity index (χ0v) is 10.5. The normalized spacial score (nSPS) is 29.5. The first-order chi connectivity index (χ1) is 7.77. The molecule has 0 bridgehead atoms. The minimum Gasteiger partial charge on any atom is -0.381 e. The number of carbonyl (C=O) groups excluding carboxylic acids is 1. The molecule has 92 valence electrons. The smallest absolute Gasteiger partial charge is 0.136 e. The summed E-state index contributed by atoms with van der Waals surface area (Å²) in [6, 6.07) is 0. The number of ketones is 1. The zero-order chi connectivity index (χ0) is 11.4. The van der Waals surface area contributed by atoms with Gasteiger partial charge in [0.05, 0.1) is 0 Å². The topological polar surface area (TPSA) is 43.4 Å². The van der Waals surface area contributed by atoms with Crippen LogP contribution in [0.1, 0.15) is 38.5 Å². The molecule has 1 heterocycles. The van der Waals surface area contributed by atoms with E-state index >= 15 is 0 Å². The van der Waals surface area contributed by atoms with Crippen molar-refractivity contribution in [3.63, 3.8) is 0 Å². The lowest BCUT2D eigenvalue weighted by Gasteiger charge is -2.21. The molecule has 0 N–H and O–H groups in total. The molecule has 16 heavy (non-hydrogen) atoms. The summed E-state index contributed by atoms with van der Waals surface area (Å²) in [5.41, 5.74) is 0. The molecule has 2 aliphatic rings. The van der Waals surface area contributed by atoms with E-state index in [-0.39, 0.29) is 5.92 Å². The van der Waals surface area contributed by atoms with Crippen molar-refractivity contribution >= 4 is 16.6 Å². The van der Waals surface area contributed by atoms with Crippen LogP contribution in [0.15, 0.2) is 0 Å². The van der Waals surface area contributed by atoms with Gasteiger partial charge < -0.3 is 4.74 Å². The average molecular weight is 244 g/mol. The van der Waals surface area contributed by atoms with E-state index in [1.165, 1.54) is 0 Å². The van der Waals surface area contributed by atoms with Gasteiger partial charge in [-0.3, -0.25) is 9.00 Å². The van der Waals surface area contributed by atoms with Crippen molar-refractivity contribution < 1.29 is 13.7 Å². The summed E-state index contributed by atoms with van der Waals surface area (Å²) in [6.07, 6.45) is 5.48. The second kappa shape index (κ2) is 5.92. The summed E-state index contributed by atoms with van der Waals surface area (Å²) in [5.74, 6) is 1.31. The van der Waals surface area contributed by atoms with Gasteiger partial charge in [-0.1, -0.05) is 0 Å². The Hall–Kier alpha value is -0.220. The molecule has 2 fully saturated rings. The highest BCUT2D eigenvalue weighted by Gasteiger charge is 2.26. The predicted octanol–water partition coefficient (Wildman–Crippen LogP) is 1.67. The molecule has 1 saturated heterocycles. The Kier molecular flexibility index (Phi) is 4.53. The van der Waals surface area contributed by atoms with Crippen LogP contribution in [0, 0.1) is 5.92 Å². The van der Waals surface area contributed by atoms with E-state index < -0.39 is 10.8 Å². The summed E-state index contributed by atoms with van der Waals surface area (Å²) in [6.45, 7) is 1.50. The molecular formula is C12H20O3S. The lowest BCUT2D eigenvalue weighted by Crippen LogP contribution is -2.27. The summed E-state index contributed by atoms with van der Waals surface area (Å²) in [7, 11) is -0.750. The monoisotopic (exact) mass is 244 g/mol. The fourth-order valence-electron chi connectivity index (χ4n) is 2.56. The minimum absolute atomic E-state index is 0.212. The Morgan fingerprint density at radius 1 is 1.25 bits per heavy atom. The van der Waals surface area contributed by atoms with Crippen LogP contribution in [0.4, 0.5) is 0 Å². The van der Waals surface area contributed by atoms with Gasteiger partial charge in [-0.25, -0.2) is 0 Å².